The van der Waals surface area contributed by atoms with Crippen LogP contribution in [0.3, 0.4) is 0 Å². The summed E-state index contributed by atoms with van der Waals surface area (Å²) in [6.45, 7) is 5.44. The molecule has 4 nitrogen and oxygen atoms in total. The molecule has 1 saturated heterocycles. The van der Waals surface area contributed by atoms with Gasteiger partial charge in [0.2, 0.25) is 10.0 Å². The van der Waals surface area contributed by atoms with Crippen LogP contribution in [0.2, 0.25) is 0 Å². The zero-order valence-corrected chi connectivity index (χ0v) is 11.6. The normalized spacial score (nSPS) is 20.3. The van der Waals surface area contributed by atoms with Gasteiger partial charge in [0.1, 0.15) is 5.78 Å². The number of hydrogen-bond acceptors (Lipinski definition) is 3. The van der Waals surface area contributed by atoms with Crippen molar-refractivity contribution in [3.63, 3.8) is 0 Å². The molecule has 1 aliphatic heterocycles. The molecule has 0 aliphatic carbocycles. The Hall–Kier alpha value is -1.20. The van der Waals surface area contributed by atoms with E-state index in [1.165, 1.54) is 4.31 Å². The zero-order valence-electron chi connectivity index (χ0n) is 10.8. The summed E-state index contributed by atoms with van der Waals surface area (Å²) in [5.74, 6) is -0.0318. The minimum absolute atomic E-state index is 0.0246. The van der Waals surface area contributed by atoms with Gasteiger partial charge in [-0.15, -0.1) is 0 Å². The zero-order chi connectivity index (χ0) is 13.6. The Balaban J connectivity index is 2.43. The van der Waals surface area contributed by atoms with Gasteiger partial charge in [0.25, 0.3) is 0 Å². The summed E-state index contributed by atoms with van der Waals surface area (Å²) >= 11 is 0. The number of nitrogens with zero attached hydrogens (tertiary/aromatic N) is 1. The number of ketones is 1. The van der Waals surface area contributed by atoms with Gasteiger partial charge in [-0.25, -0.2) is 8.42 Å². The Kier molecular flexibility index (Phi) is 3.07. The molecule has 0 saturated carbocycles. The highest BCUT2D eigenvalue weighted by Gasteiger charge is 2.44. The maximum absolute atomic E-state index is 12.5. The third kappa shape index (κ3) is 2.20. The lowest BCUT2D eigenvalue weighted by Crippen LogP contribution is -2.42. The van der Waals surface area contributed by atoms with E-state index in [2.05, 4.69) is 0 Å². The van der Waals surface area contributed by atoms with E-state index in [-0.39, 0.29) is 23.6 Å². The first-order valence-electron chi connectivity index (χ1n) is 5.85. The van der Waals surface area contributed by atoms with Crippen molar-refractivity contribution in [3.05, 3.63) is 29.8 Å². The Morgan fingerprint density at radius 3 is 2.17 bits per heavy atom. The van der Waals surface area contributed by atoms with Gasteiger partial charge in [0.15, 0.2) is 0 Å². The maximum atomic E-state index is 12.5. The van der Waals surface area contributed by atoms with Crippen molar-refractivity contribution in [1.82, 2.24) is 4.31 Å². The monoisotopic (exact) mass is 267 g/mol. The van der Waals surface area contributed by atoms with Crippen LogP contribution in [-0.2, 0) is 14.8 Å². The van der Waals surface area contributed by atoms with Crippen molar-refractivity contribution < 1.29 is 13.2 Å². The summed E-state index contributed by atoms with van der Waals surface area (Å²) in [6, 6.07) is 6.70. The predicted octanol–water partition coefficient (Wildman–Crippen LogP) is 1.74. The third-order valence-corrected chi connectivity index (χ3v) is 5.31. The molecule has 1 fully saturated rings. The second-order valence-corrected chi connectivity index (χ2v) is 7.21. The van der Waals surface area contributed by atoms with Crippen LogP contribution in [0.15, 0.2) is 29.2 Å². The summed E-state index contributed by atoms with van der Waals surface area (Å²) < 4.78 is 26.3. The number of carbonyl (C=O) groups is 1. The number of aryl methyl sites for hydroxylation is 1. The van der Waals surface area contributed by atoms with Crippen LogP contribution in [0.1, 0.15) is 25.8 Å². The highest BCUT2D eigenvalue weighted by atomic mass is 32.2. The smallest absolute Gasteiger partial charge is 0.243 e. The molecule has 5 heteroatoms. The van der Waals surface area contributed by atoms with Gasteiger partial charge in [-0.2, -0.15) is 4.31 Å². The highest BCUT2D eigenvalue weighted by molar-refractivity contribution is 7.89. The molecule has 1 heterocycles. The first kappa shape index (κ1) is 13.2. The summed E-state index contributed by atoms with van der Waals surface area (Å²) in [7, 11) is -3.58. The molecule has 1 aliphatic rings. The van der Waals surface area contributed by atoms with E-state index in [4.69, 9.17) is 0 Å². The number of hydrogen-bond donors (Lipinski definition) is 0. The van der Waals surface area contributed by atoms with Gasteiger partial charge in [-0.3, -0.25) is 4.79 Å². The minimum atomic E-state index is -3.58. The Morgan fingerprint density at radius 2 is 1.72 bits per heavy atom. The minimum Gasteiger partial charge on any atom is -0.298 e. The molecule has 0 N–H and O–H groups in total. The standard InChI is InChI=1S/C13H17NO3S/c1-10-4-6-12(7-5-10)18(16,17)14-9-11(15)8-13(14,2)3/h4-7H,8-9H2,1-3H3. The van der Waals surface area contributed by atoms with Crippen LogP contribution in [-0.4, -0.2) is 30.6 Å². The van der Waals surface area contributed by atoms with Gasteiger partial charge in [-0.1, -0.05) is 17.7 Å². The fourth-order valence-electron chi connectivity index (χ4n) is 2.25. The molecule has 2 rings (SSSR count). The van der Waals surface area contributed by atoms with Crippen LogP contribution < -0.4 is 0 Å². The van der Waals surface area contributed by atoms with Gasteiger partial charge in [-0.05, 0) is 32.9 Å². The molecule has 0 bridgehead atoms. The van der Waals surface area contributed by atoms with Crippen molar-refractivity contribution in [2.45, 2.75) is 37.6 Å². The Morgan fingerprint density at radius 1 is 1.17 bits per heavy atom. The van der Waals surface area contributed by atoms with E-state index >= 15 is 0 Å². The molecular weight excluding hydrogens is 250 g/mol. The molecular formula is C13H17NO3S. The number of benzene rings is 1. The molecule has 0 amide bonds. The van der Waals surface area contributed by atoms with Gasteiger partial charge < -0.3 is 0 Å². The molecule has 1 aromatic carbocycles. The SMILES string of the molecule is Cc1ccc(S(=O)(=O)N2CC(=O)CC2(C)C)cc1. The predicted molar refractivity (Wildman–Crippen MR) is 68.8 cm³/mol. The van der Waals surface area contributed by atoms with E-state index in [1.54, 1.807) is 38.1 Å². The number of sulfonamides is 1. The first-order chi connectivity index (χ1) is 8.23. The highest BCUT2D eigenvalue weighted by Crippen LogP contribution is 2.32. The average molecular weight is 267 g/mol. The lowest BCUT2D eigenvalue weighted by atomic mass is 10.0. The lowest BCUT2D eigenvalue weighted by molar-refractivity contribution is -0.116. The maximum Gasteiger partial charge on any atom is 0.243 e. The Bertz CT molecular complexity index is 573. The lowest BCUT2D eigenvalue weighted by Gasteiger charge is -2.29. The number of Topliss-reactive ketones (excluding diaryl/α,β-unsaturated/α-hetero) is 1. The van der Waals surface area contributed by atoms with Gasteiger partial charge >= 0.3 is 0 Å². The van der Waals surface area contributed by atoms with Crippen LogP contribution in [0, 0.1) is 6.92 Å². The molecule has 98 valence electrons. The molecule has 0 spiro atoms. The Labute approximate surface area is 108 Å². The van der Waals surface area contributed by atoms with Crippen molar-refractivity contribution in [2.24, 2.45) is 0 Å². The number of rotatable bonds is 2. The molecule has 0 aromatic heterocycles. The summed E-state index contributed by atoms with van der Waals surface area (Å²) in [5, 5.41) is 0. The number of carbonyl (C=O) groups excluding carboxylic acids is 1. The second kappa shape index (κ2) is 4.17. The molecule has 0 radical (unpaired) electrons. The molecule has 0 atom stereocenters. The molecule has 18 heavy (non-hydrogen) atoms. The molecule has 1 aromatic rings. The average Bonchev–Trinajstić information content (AvgIpc) is 2.53. The topological polar surface area (TPSA) is 54.5 Å². The summed E-state index contributed by atoms with van der Waals surface area (Å²) in [6.07, 6.45) is 0.276. The van der Waals surface area contributed by atoms with E-state index in [9.17, 15) is 13.2 Å². The quantitative estimate of drug-likeness (QED) is 0.820. The van der Waals surface area contributed by atoms with Crippen LogP contribution in [0.25, 0.3) is 0 Å². The van der Waals surface area contributed by atoms with E-state index in [0.29, 0.717) is 0 Å². The van der Waals surface area contributed by atoms with Crippen LogP contribution in [0.4, 0.5) is 0 Å². The largest absolute Gasteiger partial charge is 0.298 e. The van der Waals surface area contributed by atoms with Crippen molar-refractivity contribution in [3.8, 4) is 0 Å². The second-order valence-electron chi connectivity index (χ2n) is 5.35. The van der Waals surface area contributed by atoms with Crippen molar-refractivity contribution in [2.75, 3.05) is 6.54 Å². The van der Waals surface area contributed by atoms with Gasteiger partial charge in [0, 0.05) is 12.0 Å². The summed E-state index contributed by atoms with van der Waals surface area (Å²) in [4.78, 5) is 11.7. The van der Waals surface area contributed by atoms with Gasteiger partial charge in [0.05, 0.1) is 11.4 Å². The van der Waals surface area contributed by atoms with Crippen LogP contribution >= 0.6 is 0 Å². The summed E-state index contributed by atoms with van der Waals surface area (Å²) in [5.41, 5.74) is 0.367. The first-order valence-corrected chi connectivity index (χ1v) is 7.29. The molecule has 0 unspecified atom stereocenters. The van der Waals surface area contributed by atoms with Crippen molar-refractivity contribution >= 4 is 15.8 Å². The van der Waals surface area contributed by atoms with Crippen LogP contribution in [0.5, 0.6) is 0 Å². The fraction of sp³-hybridized carbons (Fsp3) is 0.462. The third-order valence-electron chi connectivity index (χ3n) is 3.23. The van der Waals surface area contributed by atoms with E-state index in [1.807, 2.05) is 6.92 Å². The van der Waals surface area contributed by atoms with Crippen molar-refractivity contribution in [1.29, 1.82) is 0 Å². The van der Waals surface area contributed by atoms with E-state index in [0.717, 1.165) is 5.56 Å². The van der Waals surface area contributed by atoms with E-state index < -0.39 is 15.6 Å². The fourth-order valence-corrected chi connectivity index (χ4v) is 4.01.